The Balaban J connectivity index is 1.62. The molecule has 24 heavy (non-hydrogen) atoms. The van der Waals surface area contributed by atoms with Crippen LogP contribution in [0.4, 0.5) is 10.2 Å². The van der Waals surface area contributed by atoms with E-state index in [0.717, 1.165) is 18.5 Å². The average molecular weight is 348 g/mol. The van der Waals surface area contributed by atoms with Crippen LogP contribution in [0.3, 0.4) is 0 Å². The van der Waals surface area contributed by atoms with Crippen molar-refractivity contribution >= 4 is 23.1 Å². The van der Waals surface area contributed by atoms with Gasteiger partial charge in [0.15, 0.2) is 5.65 Å². The summed E-state index contributed by atoms with van der Waals surface area (Å²) in [7, 11) is 2.02. The van der Waals surface area contributed by atoms with Gasteiger partial charge in [-0.15, -0.1) is 14.8 Å². The van der Waals surface area contributed by atoms with Gasteiger partial charge in [0, 0.05) is 12.6 Å². The van der Waals surface area contributed by atoms with Crippen LogP contribution in [0.5, 0.6) is 0 Å². The molecule has 0 saturated carbocycles. The number of nitrogens with zero attached hydrogens (tertiary/aromatic N) is 6. The van der Waals surface area contributed by atoms with Gasteiger partial charge in [-0.25, -0.2) is 4.39 Å². The highest BCUT2D eigenvalue weighted by atomic mass is 35.5. The first-order valence-corrected chi connectivity index (χ1v) is 7.97. The van der Waals surface area contributed by atoms with E-state index in [0.29, 0.717) is 11.5 Å². The Morgan fingerprint density at radius 3 is 3.00 bits per heavy atom. The maximum atomic E-state index is 13.8. The van der Waals surface area contributed by atoms with Crippen molar-refractivity contribution in [1.29, 1.82) is 0 Å². The number of aromatic nitrogens is 5. The van der Waals surface area contributed by atoms with Crippen LogP contribution >= 0.6 is 11.6 Å². The number of halogens is 2. The smallest absolute Gasteiger partial charge is 0.200 e. The number of anilines is 1. The second-order valence-electron chi connectivity index (χ2n) is 5.88. The average Bonchev–Trinajstić information content (AvgIpc) is 3.17. The fraction of sp³-hybridized carbons (Fsp3) is 0.333. The van der Waals surface area contributed by atoms with Crippen LogP contribution in [0.15, 0.2) is 30.3 Å². The first kappa shape index (κ1) is 15.2. The highest BCUT2D eigenvalue weighted by molar-refractivity contribution is 6.30. The van der Waals surface area contributed by atoms with E-state index >= 15 is 0 Å². The molecule has 2 aromatic heterocycles. The number of tetrazole rings is 1. The molecule has 9 heteroatoms. The van der Waals surface area contributed by atoms with E-state index in [1.165, 1.54) is 10.7 Å². The van der Waals surface area contributed by atoms with E-state index in [9.17, 15) is 4.39 Å². The number of likely N-dealkylation sites (tertiary alicyclic amines) is 1. The van der Waals surface area contributed by atoms with Gasteiger partial charge >= 0.3 is 0 Å². The van der Waals surface area contributed by atoms with Crippen LogP contribution in [0, 0.1) is 5.82 Å². The molecule has 1 aliphatic heterocycles. The number of rotatable bonds is 3. The van der Waals surface area contributed by atoms with Crippen LogP contribution in [0.2, 0.25) is 5.02 Å². The van der Waals surface area contributed by atoms with Gasteiger partial charge < -0.3 is 5.32 Å². The van der Waals surface area contributed by atoms with Crippen molar-refractivity contribution in [1.82, 2.24) is 30.2 Å². The minimum atomic E-state index is -0.401. The Bertz CT molecular complexity index is 883. The summed E-state index contributed by atoms with van der Waals surface area (Å²) < 4.78 is 15.2. The molecule has 0 bridgehead atoms. The van der Waals surface area contributed by atoms with Gasteiger partial charge in [-0.05, 0) is 53.7 Å². The Kier molecular flexibility index (Phi) is 3.78. The molecule has 124 valence electrons. The number of fused-ring (bicyclic) bond motifs is 1. The molecule has 1 fully saturated rings. The van der Waals surface area contributed by atoms with E-state index in [2.05, 4.69) is 30.8 Å². The zero-order valence-electron chi connectivity index (χ0n) is 12.9. The van der Waals surface area contributed by atoms with Gasteiger partial charge in [0.05, 0.1) is 11.1 Å². The number of nitrogens with one attached hydrogen (secondary N) is 1. The third kappa shape index (κ3) is 2.67. The van der Waals surface area contributed by atoms with Gasteiger partial charge in [0.1, 0.15) is 11.6 Å². The third-order valence-electron chi connectivity index (χ3n) is 4.34. The normalized spacial score (nSPS) is 21.5. The van der Waals surface area contributed by atoms with Crippen molar-refractivity contribution in [2.24, 2.45) is 0 Å². The zero-order chi connectivity index (χ0) is 16.7. The molecule has 0 aliphatic carbocycles. The summed E-state index contributed by atoms with van der Waals surface area (Å²) in [6.07, 6.45) is 0.917. The van der Waals surface area contributed by atoms with Crippen molar-refractivity contribution in [3.05, 3.63) is 46.7 Å². The standard InChI is InChI=1S/C15H15ClFN7/c1-23-7-6-12(15(23)9-2-3-10(16)11(17)8-9)18-13-4-5-14-19-21-22-24(14)20-13/h2-5,8,12,15H,6-7H2,1H3,(H,18,20)/t12-,15+/m1/s1. The van der Waals surface area contributed by atoms with Gasteiger partial charge in [0.25, 0.3) is 0 Å². The van der Waals surface area contributed by atoms with E-state index in [4.69, 9.17) is 11.6 Å². The van der Waals surface area contributed by atoms with Crippen LogP contribution in [0.1, 0.15) is 18.0 Å². The van der Waals surface area contributed by atoms with Crippen LogP contribution in [0.25, 0.3) is 5.65 Å². The number of hydrogen-bond donors (Lipinski definition) is 1. The summed E-state index contributed by atoms with van der Waals surface area (Å²) in [6.45, 7) is 0.902. The van der Waals surface area contributed by atoms with E-state index in [-0.39, 0.29) is 17.1 Å². The SMILES string of the molecule is CN1CC[C@@H](Nc2ccc3nnnn3n2)[C@@H]1c1ccc(Cl)c(F)c1. The molecule has 1 aromatic carbocycles. The summed E-state index contributed by atoms with van der Waals surface area (Å²) in [6, 6.07) is 8.72. The molecule has 7 nitrogen and oxygen atoms in total. The third-order valence-corrected chi connectivity index (χ3v) is 4.64. The lowest BCUT2D eigenvalue weighted by molar-refractivity contribution is 0.308. The lowest BCUT2D eigenvalue weighted by atomic mass is 10.00. The molecule has 0 unspecified atom stereocenters. The highest BCUT2D eigenvalue weighted by Gasteiger charge is 2.33. The Hall–Kier alpha value is -2.32. The highest BCUT2D eigenvalue weighted by Crippen LogP contribution is 2.34. The molecule has 1 N–H and O–H groups in total. The van der Waals surface area contributed by atoms with Crippen molar-refractivity contribution in [3.63, 3.8) is 0 Å². The van der Waals surface area contributed by atoms with Crippen LogP contribution in [-0.2, 0) is 0 Å². The topological polar surface area (TPSA) is 71.2 Å². The van der Waals surface area contributed by atoms with Crippen molar-refractivity contribution in [3.8, 4) is 0 Å². The molecule has 3 heterocycles. The van der Waals surface area contributed by atoms with Gasteiger partial charge in [0.2, 0.25) is 0 Å². The Morgan fingerprint density at radius 2 is 2.17 bits per heavy atom. The number of likely N-dealkylation sites (N-methyl/N-ethyl adjacent to an activating group) is 1. The van der Waals surface area contributed by atoms with Crippen molar-refractivity contribution in [2.45, 2.75) is 18.5 Å². The minimum absolute atomic E-state index is 0.0307. The molecule has 3 aromatic rings. The number of hydrogen-bond acceptors (Lipinski definition) is 6. The molecular formula is C15H15ClFN7. The molecule has 0 amide bonds. The summed E-state index contributed by atoms with van der Waals surface area (Å²) in [4.78, 5) is 2.19. The molecule has 1 aliphatic rings. The number of benzene rings is 1. The second kappa shape index (κ2) is 5.95. The van der Waals surface area contributed by atoms with E-state index < -0.39 is 5.82 Å². The predicted octanol–water partition coefficient (Wildman–Crippen LogP) is 2.17. The molecule has 4 rings (SSSR count). The van der Waals surface area contributed by atoms with E-state index in [1.807, 2.05) is 19.2 Å². The Morgan fingerprint density at radius 1 is 1.29 bits per heavy atom. The maximum Gasteiger partial charge on any atom is 0.200 e. The first-order valence-electron chi connectivity index (χ1n) is 7.59. The molecular weight excluding hydrogens is 333 g/mol. The quantitative estimate of drug-likeness (QED) is 0.783. The largest absolute Gasteiger partial charge is 0.364 e. The molecule has 1 saturated heterocycles. The zero-order valence-corrected chi connectivity index (χ0v) is 13.7. The summed E-state index contributed by atoms with van der Waals surface area (Å²) >= 11 is 5.80. The van der Waals surface area contributed by atoms with Crippen LogP contribution in [-0.4, -0.2) is 49.8 Å². The summed E-state index contributed by atoms with van der Waals surface area (Å²) in [5, 5.41) is 19.1. The lowest BCUT2D eigenvalue weighted by Crippen LogP contribution is -2.29. The monoisotopic (exact) mass is 347 g/mol. The predicted molar refractivity (Wildman–Crippen MR) is 87.4 cm³/mol. The van der Waals surface area contributed by atoms with Gasteiger partial charge in [-0.2, -0.15) is 0 Å². The van der Waals surface area contributed by atoms with Gasteiger partial charge in [-0.1, -0.05) is 17.7 Å². The van der Waals surface area contributed by atoms with Crippen molar-refractivity contribution < 1.29 is 4.39 Å². The molecule has 0 radical (unpaired) electrons. The minimum Gasteiger partial charge on any atom is -0.364 e. The molecule has 0 spiro atoms. The second-order valence-corrected chi connectivity index (χ2v) is 6.29. The van der Waals surface area contributed by atoms with Crippen molar-refractivity contribution in [2.75, 3.05) is 18.9 Å². The molecule has 2 atom stereocenters. The summed E-state index contributed by atoms with van der Waals surface area (Å²) in [5.74, 6) is 0.274. The first-order chi connectivity index (χ1) is 11.6. The fourth-order valence-corrected chi connectivity index (χ4v) is 3.32. The Labute approximate surface area is 142 Å². The fourth-order valence-electron chi connectivity index (χ4n) is 3.20. The van der Waals surface area contributed by atoms with Gasteiger partial charge in [-0.3, -0.25) is 4.90 Å². The van der Waals surface area contributed by atoms with Crippen LogP contribution < -0.4 is 5.32 Å². The van der Waals surface area contributed by atoms with E-state index in [1.54, 1.807) is 12.1 Å². The maximum absolute atomic E-state index is 13.8. The lowest BCUT2D eigenvalue weighted by Gasteiger charge is -2.26. The summed E-state index contributed by atoms with van der Waals surface area (Å²) in [5.41, 5.74) is 1.47.